The largest absolute Gasteiger partial charge is 0.496 e. The molecule has 0 saturated heterocycles. The molecule has 2 nitrogen and oxygen atoms in total. The molecule has 1 aromatic carbocycles. The van der Waals surface area contributed by atoms with Gasteiger partial charge in [0, 0.05) is 0 Å². The van der Waals surface area contributed by atoms with Crippen LogP contribution in [0.1, 0.15) is 10.4 Å². The second-order valence-corrected chi connectivity index (χ2v) is 2.39. The molecule has 0 unspecified atom stereocenters. The van der Waals surface area contributed by atoms with Gasteiger partial charge in [0.25, 0.3) is 0 Å². The maximum absolute atomic E-state index is 13.1. The molecule has 0 atom stereocenters. The van der Waals surface area contributed by atoms with Crippen LogP contribution in [0.15, 0.2) is 30.9 Å². The van der Waals surface area contributed by atoms with Crippen LogP contribution in [0.4, 0.5) is 4.39 Å². The highest BCUT2D eigenvalue weighted by molar-refractivity contribution is 6.06. The molecule has 0 spiro atoms. The van der Waals surface area contributed by atoms with Gasteiger partial charge in [-0.25, -0.2) is 4.39 Å². The number of ketones is 1. The number of allylic oxidation sites excluding steroid dienone is 1. The van der Waals surface area contributed by atoms with Crippen molar-refractivity contribution in [3.05, 3.63) is 42.2 Å². The van der Waals surface area contributed by atoms with E-state index in [0.29, 0.717) is 0 Å². The third kappa shape index (κ3) is 1.75. The molecule has 68 valence electrons. The van der Waals surface area contributed by atoms with Gasteiger partial charge in [0.05, 0.1) is 12.7 Å². The molecule has 0 aromatic heterocycles. The molecule has 0 fully saturated rings. The van der Waals surface area contributed by atoms with E-state index in [-0.39, 0.29) is 11.3 Å². The van der Waals surface area contributed by atoms with Crippen LogP contribution in [-0.4, -0.2) is 12.9 Å². The molecule has 0 bridgehead atoms. The summed E-state index contributed by atoms with van der Waals surface area (Å²) < 4.78 is 18.0. The van der Waals surface area contributed by atoms with E-state index in [1.165, 1.54) is 25.3 Å². The number of benzene rings is 1. The molecule has 13 heavy (non-hydrogen) atoms. The monoisotopic (exact) mass is 180 g/mol. The summed E-state index contributed by atoms with van der Waals surface area (Å²) in [6, 6.07) is 4.22. The van der Waals surface area contributed by atoms with E-state index in [4.69, 9.17) is 4.74 Å². The molecular formula is C10H9FO2. The second-order valence-electron chi connectivity index (χ2n) is 2.39. The quantitative estimate of drug-likeness (QED) is 0.526. The summed E-state index contributed by atoms with van der Waals surface area (Å²) in [6.45, 7) is 3.28. The number of ether oxygens (including phenoxy) is 1. The van der Waals surface area contributed by atoms with Crippen LogP contribution in [-0.2, 0) is 0 Å². The molecule has 0 aliphatic carbocycles. The lowest BCUT2D eigenvalue weighted by atomic mass is 10.1. The van der Waals surface area contributed by atoms with Crippen LogP contribution in [0.5, 0.6) is 5.75 Å². The first-order valence-electron chi connectivity index (χ1n) is 3.70. The van der Waals surface area contributed by atoms with Gasteiger partial charge in [-0.3, -0.25) is 4.79 Å². The van der Waals surface area contributed by atoms with Gasteiger partial charge in [0.1, 0.15) is 11.6 Å². The Morgan fingerprint density at radius 2 is 2.31 bits per heavy atom. The minimum Gasteiger partial charge on any atom is -0.496 e. The normalized spacial score (nSPS) is 9.38. The molecule has 3 heteroatoms. The SMILES string of the molecule is C=CC(=O)c1c(F)cccc1OC. The Balaban J connectivity index is 3.30. The molecular weight excluding hydrogens is 171 g/mol. The van der Waals surface area contributed by atoms with E-state index >= 15 is 0 Å². The van der Waals surface area contributed by atoms with Gasteiger partial charge in [0.15, 0.2) is 5.78 Å². The van der Waals surface area contributed by atoms with Crippen molar-refractivity contribution in [3.8, 4) is 5.75 Å². The Hall–Kier alpha value is -1.64. The van der Waals surface area contributed by atoms with Crippen molar-refractivity contribution in [2.24, 2.45) is 0 Å². The lowest BCUT2D eigenvalue weighted by molar-refractivity contribution is 0.104. The van der Waals surface area contributed by atoms with E-state index in [1.54, 1.807) is 0 Å². The number of methoxy groups -OCH3 is 1. The minimum atomic E-state index is -0.593. The summed E-state index contributed by atoms with van der Waals surface area (Å²) in [4.78, 5) is 11.2. The number of rotatable bonds is 3. The summed E-state index contributed by atoms with van der Waals surface area (Å²) in [5, 5.41) is 0. The van der Waals surface area contributed by atoms with Crippen molar-refractivity contribution in [2.75, 3.05) is 7.11 Å². The van der Waals surface area contributed by atoms with E-state index in [1.807, 2.05) is 0 Å². The molecule has 0 N–H and O–H groups in total. The Kier molecular flexibility index (Phi) is 2.80. The highest BCUT2D eigenvalue weighted by Gasteiger charge is 2.13. The van der Waals surface area contributed by atoms with Crippen LogP contribution >= 0.6 is 0 Å². The first-order chi connectivity index (χ1) is 6.20. The highest BCUT2D eigenvalue weighted by atomic mass is 19.1. The molecule has 0 heterocycles. The lowest BCUT2D eigenvalue weighted by Gasteiger charge is -2.05. The number of halogens is 1. The topological polar surface area (TPSA) is 26.3 Å². The molecule has 1 aromatic rings. The predicted molar refractivity (Wildman–Crippen MR) is 47.5 cm³/mol. The molecule has 0 radical (unpaired) electrons. The Morgan fingerprint density at radius 1 is 1.62 bits per heavy atom. The van der Waals surface area contributed by atoms with Gasteiger partial charge in [-0.05, 0) is 18.2 Å². The van der Waals surface area contributed by atoms with E-state index in [0.717, 1.165) is 6.08 Å². The van der Waals surface area contributed by atoms with Crippen molar-refractivity contribution >= 4 is 5.78 Å². The van der Waals surface area contributed by atoms with Crippen LogP contribution in [0.2, 0.25) is 0 Å². The van der Waals surface area contributed by atoms with Crippen LogP contribution in [0.25, 0.3) is 0 Å². The number of hydrogen-bond acceptors (Lipinski definition) is 2. The van der Waals surface area contributed by atoms with Crippen LogP contribution in [0, 0.1) is 5.82 Å². The van der Waals surface area contributed by atoms with Crippen molar-refractivity contribution in [3.63, 3.8) is 0 Å². The highest BCUT2D eigenvalue weighted by Crippen LogP contribution is 2.21. The van der Waals surface area contributed by atoms with E-state index < -0.39 is 11.6 Å². The zero-order chi connectivity index (χ0) is 9.84. The summed E-state index contributed by atoms with van der Waals surface area (Å²) in [5.74, 6) is -0.843. The maximum Gasteiger partial charge on any atom is 0.191 e. The van der Waals surface area contributed by atoms with Gasteiger partial charge in [0.2, 0.25) is 0 Å². The van der Waals surface area contributed by atoms with Crippen molar-refractivity contribution in [1.82, 2.24) is 0 Å². The first-order valence-corrected chi connectivity index (χ1v) is 3.70. The van der Waals surface area contributed by atoms with Gasteiger partial charge < -0.3 is 4.74 Å². The van der Waals surface area contributed by atoms with Crippen molar-refractivity contribution < 1.29 is 13.9 Å². The maximum atomic E-state index is 13.1. The number of carbonyl (C=O) groups excluding carboxylic acids is 1. The molecule has 0 aliphatic rings. The fourth-order valence-corrected chi connectivity index (χ4v) is 1.02. The van der Waals surface area contributed by atoms with Crippen LogP contribution in [0.3, 0.4) is 0 Å². The van der Waals surface area contributed by atoms with E-state index in [2.05, 4.69) is 6.58 Å². The minimum absolute atomic E-state index is 0.0694. The average molecular weight is 180 g/mol. The van der Waals surface area contributed by atoms with Crippen LogP contribution < -0.4 is 4.74 Å². The Bertz CT molecular complexity index is 345. The molecule has 0 aliphatic heterocycles. The predicted octanol–water partition coefficient (Wildman–Crippen LogP) is 2.20. The summed E-state index contributed by atoms with van der Waals surface area (Å²) >= 11 is 0. The van der Waals surface area contributed by atoms with Crippen molar-refractivity contribution in [2.45, 2.75) is 0 Å². The first kappa shape index (κ1) is 9.45. The third-order valence-corrected chi connectivity index (χ3v) is 1.63. The molecule has 0 saturated carbocycles. The number of carbonyl (C=O) groups is 1. The van der Waals surface area contributed by atoms with Gasteiger partial charge in [-0.2, -0.15) is 0 Å². The van der Waals surface area contributed by atoms with Gasteiger partial charge in [-0.15, -0.1) is 0 Å². The summed E-state index contributed by atoms with van der Waals surface area (Å²) in [5.41, 5.74) is -0.0694. The Labute approximate surface area is 75.6 Å². The zero-order valence-corrected chi connectivity index (χ0v) is 7.21. The summed E-state index contributed by atoms with van der Waals surface area (Å²) in [7, 11) is 1.38. The van der Waals surface area contributed by atoms with Crippen molar-refractivity contribution in [1.29, 1.82) is 0 Å². The van der Waals surface area contributed by atoms with Gasteiger partial charge >= 0.3 is 0 Å². The summed E-state index contributed by atoms with van der Waals surface area (Å²) in [6.07, 6.45) is 1.06. The zero-order valence-electron chi connectivity index (χ0n) is 7.21. The van der Waals surface area contributed by atoms with Gasteiger partial charge in [-0.1, -0.05) is 12.6 Å². The second kappa shape index (κ2) is 3.85. The molecule has 0 amide bonds. The fourth-order valence-electron chi connectivity index (χ4n) is 1.02. The third-order valence-electron chi connectivity index (χ3n) is 1.63. The average Bonchev–Trinajstić information content (AvgIpc) is 2.16. The smallest absolute Gasteiger partial charge is 0.191 e. The lowest BCUT2D eigenvalue weighted by Crippen LogP contribution is -2.01. The fraction of sp³-hybridized carbons (Fsp3) is 0.100. The van der Waals surface area contributed by atoms with E-state index in [9.17, 15) is 9.18 Å². The Morgan fingerprint density at radius 3 is 2.85 bits per heavy atom. The molecule has 1 rings (SSSR count). The number of hydrogen-bond donors (Lipinski definition) is 0. The standard InChI is InChI=1S/C10H9FO2/c1-3-8(12)10-7(11)5-4-6-9(10)13-2/h3-6H,1H2,2H3.